The van der Waals surface area contributed by atoms with E-state index in [0.717, 1.165) is 6.42 Å². The van der Waals surface area contributed by atoms with Crippen LogP contribution in [0.2, 0.25) is 0 Å². The normalized spacial score (nSPS) is 13.5. The van der Waals surface area contributed by atoms with E-state index in [1.165, 1.54) is 7.11 Å². The molecule has 0 fully saturated rings. The second kappa shape index (κ2) is 5.51. The van der Waals surface area contributed by atoms with Gasteiger partial charge >= 0.3 is 5.97 Å². The van der Waals surface area contributed by atoms with E-state index in [-0.39, 0.29) is 11.4 Å². The Hall–Kier alpha value is -0.790. The largest absolute Gasteiger partial charge is 0.469 e. The molecule has 0 atom stereocenters. The van der Waals surface area contributed by atoms with E-state index in [1.54, 1.807) is 0 Å². The zero-order chi connectivity index (χ0) is 13.0. The van der Waals surface area contributed by atoms with Crippen LogP contribution < -0.4 is 0 Å². The van der Waals surface area contributed by atoms with Crippen LogP contribution in [0.5, 0.6) is 0 Å². The highest BCUT2D eigenvalue weighted by atomic mass is 16.5. The van der Waals surface area contributed by atoms with Gasteiger partial charge in [-0.3, -0.25) is 4.79 Å². The summed E-state index contributed by atoms with van der Waals surface area (Å²) >= 11 is 0. The number of esters is 1. The molecule has 0 aromatic carbocycles. The molecule has 0 bridgehead atoms. The van der Waals surface area contributed by atoms with Crippen molar-refractivity contribution in [3.8, 4) is 0 Å². The number of hydrogen-bond donors (Lipinski definition) is 0. The molecule has 16 heavy (non-hydrogen) atoms. The highest BCUT2D eigenvalue weighted by molar-refractivity contribution is 5.75. The van der Waals surface area contributed by atoms with E-state index in [9.17, 15) is 4.79 Å². The van der Waals surface area contributed by atoms with E-state index >= 15 is 0 Å². The molecule has 0 saturated heterocycles. The summed E-state index contributed by atoms with van der Waals surface area (Å²) < 4.78 is 4.82. The van der Waals surface area contributed by atoms with Gasteiger partial charge in [-0.2, -0.15) is 0 Å². The lowest BCUT2D eigenvalue weighted by Gasteiger charge is -2.30. The van der Waals surface area contributed by atoms with E-state index < -0.39 is 5.41 Å². The van der Waals surface area contributed by atoms with Crippen molar-refractivity contribution < 1.29 is 9.53 Å². The number of carbonyl (C=O) groups excluding carboxylic acids is 1. The summed E-state index contributed by atoms with van der Waals surface area (Å²) in [5.41, 5.74) is -0.415. The first-order valence-corrected chi connectivity index (χ1v) is 5.88. The van der Waals surface area contributed by atoms with Gasteiger partial charge in [-0.05, 0) is 31.6 Å². The molecular weight excluding hydrogens is 200 g/mol. The zero-order valence-electron chi connectivity index (χ0n) is 11.8. The summed E-state index contributed by atoms with van der Waals surface area (Å²) in [6.45, 7) is 12.5. The second-order valence-corrected chi connectivity index (χ2v) is 6.14. The highest BCUT2D eigenvalue weighted by Crippen LogP contribution is 2.35. The standard InChI is InChI=1S/C14H26O2/c1-11(2)8-9-13(3,4)10-14(5,6)12(15)16-7/h8-9,11H,10H2,1-7H3/b9-8+. The molecule has 94 valence electrons. The van der Waals surface area contributed by atoms with Crippen LogP contribution in [0.15, 0.2) is 12.2 Å². The Balaban J connectivity index is 4.63. The maximum atomic E-state index is 11.6. The van der Waals surface area contributed by atoms with Crippen LogP contribution in [0.1, 0.15) is 48.0 Å². The van der Waals surface area contributed by atoms with Crippen LogP contribution in [0, 0.1) is 16.7 Å². The van der Waals surface area contributed by atoms with E-state index in [2.05, 4.69) is 39.8 Å². The van der Waals surface area contributed by atoms with Gasteiger partial charge in [-0.1, -0.05) is 39.8 Å². The minimum absolute atomic E-state index is 0.0158. The lowest BCUT2D eigenvalue weighted by molar-refractivity contribution is -0.152. The Bertz CT molecular complexity index is 260. The molecule has 2 heteroatoms. The van der Waals surface area contributed by atoms with Crippen molar-refractivity contribution >= 4 is 5.97 Å². The molecule has 0 radical (unpaired) electrons. The van der Waals surface area contributed by atoms with Gasteiger partial charge in [0.1, 0.15) is 0 Å². The lowest BCUT2D eigenvalue weighted by atomic mass is 9.74. The Morgan fingerprint density at radius 2 is 1.75 bits per heavy atom. The van der Waals surface area contributed by atoms with Crippen LogP contribution in [0.4, 0.5) is 0 Å². The average molecular weight is 226 g/mol. The number of carbonyl (C=O) groups is 1. The van der Waals surface area contributed by atoms with Gasteiger partial charge in [0.2, 0.25) is 0 Å². The predicted octanol–water partition coefficient (Wildman–Crippen LogP) is 3.81. The first-order valence-electron chi connectivity index (χ1n) is 5.88. The SMILES string of the molecule is COC(=O)C(C)(C)CC(C)(C)/C=C/C(C)C. The molecule has 0 amide bonds. The fourth-order valence-corrected chi connectivity index (χ4v) is 2.00. The third kappa shape index (κ3) is 5.34. The minimum Gasteiger partial charge on any atom is -0.469 e. The molecule has 0 aliphatic heterocycles. The molecule has 0 aliphatic rings. The first-order chi connectivity index (χ1) is 7.10. The summed E-state index contributed by atoms with van der Waals surface area (Å²) in [7, 11) is 1.45. The van der Waals surface area contributed by atoms with Crippen LogP contribution in [0.3, 0.4) is 0 Å². The maximum Gasteiger partial charge on any atom is 0.311 e. The van der Waals surface area contributed by atoms with Gasteiger partial charge in [0.25, 0.3) is 0 Å². The summed E-state index contributed by atoms with van der Waals surface area (Å²) in [4.78, 5) is 11.6. The van der Waals surface area contributed by atoms with Gasteiger partial charge in [-0.15, -0.1) is 0 Å². The van der Waals surface area contributed by atoms with Crippen LogP contribution in [-0.2, 0) is 9.53 Å². The molecule has 0 aliphatic carbocycles. The van der Waals surface area contributed by atoms with E-state index in [1.807, 2.05) is 13.8 Å². The molecule has 2 nitrogen and oxygen atoms in total. The minimum atomic E-state index is -0.431. The smallest absolute Gasteiger partial charge is 0.311 e. The number of hydrogen-bond acceptors (Lipinski definition) is 2. The van der Waals surface area contributed by atoms with Crippen molar-refractivity contribution in [2.45, 2.75) is 48.0 Å². The monoisotopic (exact) mass is 226 g/mol. The fraction of sp³-hybridized carbons (Fsp3) is 0.786. The lowest BCUT2D eigenvalue weighted by Crippen LogP contribution is -2.30. The van der Waals surface area contributed by atoms with Gasteiger partial charge in [0.05, 0.1) is 12.5 Å². The van der Waals surface area contributed by atoms with Gasteiger partial charge in [0, 0.05) is 0 Å². The molecule has 0 rings (SSSR count). The molecule has 0 aromatic heterocycles. The van der Waals surface area contributed by atoms with Crippen molar-refractivity contribution in [1.82, 2.24) is 0 Å². The highest BCUT2D eigenvalue weighted by Gasteiger charge is 2.34. The second-order valence-electron chi connectivity index (χ2n) is 6.14. The molecular formula is C14H26O2. The Morgan fingerprint density at radius 3 is 2.12 bits per heavy atom. The molecule has 0 heterocycles. The number of allylic oxidation sites excluding steroid dienone is 2. The Morgan fingerprint density at radius 1 is 1.25 bits per heavy atom. The van der Waals surface area contributed by atoms with E-state index in [0.29, 0.717) is 5.92 Å². The van der Waals surface area contributed by atoms with Crippen LogP contribution in [0.25, 0.3) is 0 Å². The van der Waals surface area contributed by atoms with Crippen molar-refractivity contribution in [1.29, 1.82) is 0 Å². The average Bonchev–Trinajstić information content (AvgIpc) is 2.12. The van der Waals surface area contributed by atoms with Crippen molar-refractivity contribution in [2.24, 2.45) is 16.7 Å². The third-order valence-corrected chi connectivity index (χ3v) is 2.57. The molecule has 0 saturated carbocycles. The van der Waals surface area contributed by atoms with Crippen LogP contribution in [-0.4, -0.2) is 13.1 Å². The predicted molar refractivity (Wildman–Crippen MR) is 68.2 cm³/mol. The first kappa shape index (κ1) is 15.2. The summed E-state index contributed by atoms with van der Waals surface area (Å²) in [5, 5.41) is 0. The summed E-state index contributed by atoms with van der Waals surface area (Å²) in [6, 6.07) is 0. The third-order valence-electron chi connectivity index (χ3n) is 2.57. The number of rotatable bonds is 5. The molecule has 0 spiro atoms. The quantitative estimate of drug-likeness (QED) is 0.526. The zero-order valence-corrected chi connectivity index (χ0v) is 11.8. The topological polar surface area (TPSA) is 26.3 Å². The van der Waals surface area contributed by atoms with Crippen molar-refractivity contribution in [2.75, 3.05) is 7.11 Å². The molecule has 0 N–H and O–H groups in total. The number of methoxy groups -OCH3 is 1. The molecule has 0 unspecified atom stereocenters. The fourth-order valence-electron chi connectivity index (χ4n) is 2.00. The van der Waals surface area contributed by atoms with Gasteiger partial charge in [0.15, 0.2) is 0 Å². The van der Waals surface area contributed by atoms with Crippen molar-refractivity contribution in [3.63, 3.8) is 0 Å². The van der Waals surface area contributed by atoms with E-state index in [4.69, 9.17) is 4.74 Å². The summed E-state index contributed by atoms with van der Waals surface area (Å²) in [5.74, 6) is 0.402. The Kier molecular flexibility index (Phi) is 5.24. The maximum absolute atomic E-state index is 11.6. The summed E-state index contributed by atoms with van der Waals surface area (Å²) in [6.07, 6.45) is 5.17. The molecule has 0 aromatic rings. The van der Waals surface area contributed by atoms with Crippen molar-refractivity contribution in [3.05, 3.63) is 12.2 Å². The van der Waals surface area contributed by atoms with Gasteiger partial charge in [-0.25, -0.2) is 0 Å². The van der Waals surface area contributed by atoms with Gasteiger partial charge < -0.3 is 4.74 Å². The van der Waals surface area contributed by atoms with Crippen LogP contribution >= 0.6 is 0 Å². The number of ether oxygens (including phenoxy) is 1. The Labute approximate surface area is 100 Å².